The summed E-state index contributed by atoms with van der Waals surface area (Å²) in [5.74, 6) is -0.209. The summed E-state index contributed by atoms with van der Waals surface area (Å²) in [6.07, 6.45) is 0.477. The molecule has 0 saturated carbocycles. The number of esters is 1. The van der Waals surface area contributed by atoms with Crippen LogP contribution in [0.25, 0.3) is 0 Å². The average molecular weight is 285 g/mol. The highest BCUT2D eigenvalue weighted by Crippen LogP contribution is 2.07. The van der Waals surface area contributed by atoms with Crippen LogP contribution in [-0.2, 0) is 25.8 Å². The Balaban J connectivity index is 2.29. The smallest absolute Gasteiger partial charge is 0.310 e. The van der Waals surface area contributed by atoms with E-state index in [1.54, 1.807) is 31.2 Å². The zero-order valence-corrected chi connectivity index (χ0v) is 11.8. The molecule has 0 aliphatic rings. The summed E-state index contributed by atoms with van der Waals surface area (Å²) in [5, 5.41) is 0. The minimum Gasteiger partial charge on any atom is -0.465 e. The van der Waals surface area contributed by atoms with Crippen molar-refractivity contribution >= 4 is 21.5 Å². The van der Waals surface area contributed by atoms with E-state index in [0.717, 1.165) is 5.56 Å². The maximum atomic E-state index is 11.5. The van der Waals surface area contributed by atoms with Crippen molar-refractivity contribution in [2.45, 2.75) is 19.8 Å². The number of anilines is 1. The molecule has 0 unspecified atom stereocenters. The second-order valence-electron chi connectivity index (χ2n) is 4.23. The van der Waals surface area contributed by atoms with E-state index in [1.165, 1.54) is 0 Å². The fourth-order valence-electron chi connectivity index (χ4n) is 1.53. The van der Waals surface area contributed by atoms with Crippen LogP contribution in [-0.4, -0.2) is 32.5 Å². The van der Waals surface area contributed by atoms with Crippen LogP contribution in [0.3, 0.4) is 0 Å². The van der Waals surface area contributed by atoms with Gasteiger partial charge in [-0.1, -0.05) is 19.1 Å². The Kier molecular flexibility index (Phi) is 5.82. The molecule has 2 N–H and O–H groups in total. The van der Waals surface area contributed by atoms with Gasteiger partial charge in [-0.05, 0) is 24.1 Å². The van der Waals surface area contributed by atoms with E-state index in [0.29, 0.717) is 12.1 Å². The van der Waals surface area contributed by atoms with Crippen LogP contribution in [0.5, 0.6) is 0 Å². The van der Waals surface area contributed by atoms with Gasteiger partial charge in [-0.15, -0.1) is 0 Å². The van der Waals surface area contributed by atoms with E-state index >= 15 is 0 Å². The van der Waals surface area contributed by atoms with Gasteiger partial charge in [0.1, 0.15) is 9.84 Å². The third-order valence-electron chi connectivity index (χ3n) is 2.60. The van der Waals surface area contributed by atoms with Crippen LogP contribution in [0.1, 0.15) is 18.9 Å². The number of ether oxygens (including phenoxy) is 1. The highest BCUT2D eigenvalue weighted by Gasteiger charge is 2.09. The minimum atomic E-state index is -2.99. The van der Waals surface area contributed by atoms with E-state index < -0.39 is 9.84 Å². The van der Waals surface area contributed by atoms with Crippen LogP contribution < -0.4 is 5.73 Å². The van der Waals surface area contributed by atoms with Gasteiger partial charge in [0.25, 0.3) is 0 Å². The van der Waals surface area contributed by atoms with Crippen molar-refractivity contribution in [3.05, 3.63) is 29.8 Å². The first kappa shape index (κ1) is 15.5. The summed E-state index contributed by atoms with van der Waals surface area (Å²) in [6.45, 7) is 1.72. The second-order valence-corrected chi connectivity index (χ2v) is 6.70. The predicted octanol–water partition coefficient (Wildman–Crippen LogP) is 1.18. The van der Waals surface area contributed by atoms with Crippen LogP contribution in [0.2, 0.25) is 0 Å². The van der Waals surface area contributed by atoms with Gasteiger partial charge in [-0.3, -0.25) is 4.79 Å². The van der Waals surface area contributed by atoms with Gasteiger partial charge in [-0.2, -0.15) is 0 Å². The van der Waals surface area contributed by atoms with Gasteiger partial charge in [0.15, 0.2) is 0 Å². The quantitative estimate of drug-likeness (QED) is 0.462. The molecule has 0 aromatic heterocycles. The number of sulfone groups is 1. The lowest BCUT2D eigenvalue weighted by atomic mass is 10.1. The SMILES string of the molecule is CCS(=O)(=O)CCCOC(=O)Cc1cccc(N)c1. The molecule has 0 fully saturated rings. The van der Waals surface area contributed by atoms with Gasteiger partial charge in [0.05, 0.1) is 18.8 Å². The lowest BCUT2D eigenvalue weighted by molar-refractivity contribution is -0.142. The molecule has 0 aliphatic carbocycles. The molecule has 0 amide bonds. The van der Waals surface area contributed by atoms with Crippen LogP contribution in [0, 0.1) is 0 Å². The highest BCUT2D eigenvalue weighted by molar-refractivity contribution is 7.91. The number of nitrogens with two attached hydrogens (primary N) is 1. The van der Waals surface area contributed by atoms with Gasteiger partial charge in [0.2, 0.25) is 0 Å². The lowest BCUT2D eigenvalue weighted by Gasteiger charge is -2.05. The van der Waals surface area contributed by atoms with Crippen molar-refractivity contribution < 1.29 is 17.9 Å². The highest BCUT2D eigenvalue weighted by atomic mass is 32.2. The van der Waals surface area contributed by atoms with E-state index in [1.807, 2.05) is 0 Å². The monoisotopic (exact) mass is 285 g/mol. The lowest BCUT2D eigenvalue weighted by Crippen LogP contribution is -2.14. The number of hydrogen-bond acceptors (Lipinski definition) is 5. The Morgan fingerprint density at radius 1 is 1.37 bits per heavy atom. The van der Waals surface area contributed by atoms with E-state index in [9.17, 15) is 13.2 Å². The summed E-state index contributed by atoms with van der Waals surface area (Å²) >= 11 is 0. The van der Waals surface area contributed by atoms with Crippen molar-refractivity contribution in [1.29, 1.82) is 0 Å². The fourth-order valence-corrected chi connectivity index (χ4v) is 2.38. The van der Waals surface area contributed by atoms with Crippen LogP contribution >= 0.6 is 0 Å². The minimum absolute atomic E-state index is 0.0507. The third kappa shape index (κ3) is 6.24. The molecule has 19 heavy (non-hydrogen) atoms. The van der Waals surface area contributed by atoms with Crippen molar-refractivity contribution in [2.75, 3.05) is 23.8 Å². The molecule has 5 nitrogen and oxygen atoms in total. The molecule has 0 saturated heterocycles. The van der Waals surface area contributed by atoms with Gasteiger partial charge >= 0.3 is 5.97 Å². The normalized spacial score (nSPS) is 11.2. The van der Waals surface area contributed by atoms with Crippen LogP contribution in [0.4, 0.5) is 5.69 Å². The predicted molar refractivity (Wildman–Crippen MR) is 74.5 cm³/mol. The Labute approximate surface area is 113 Å². The molecule has 1 rings (SSSR count). The number of hydrogen-bond donors (Lipinski definition) is 1. The van der Waals surface area contributed by atoms with Gasteiger partial charge in [-0.25, -0.2) is 8.42 Å². The molecule has 6 heteroatoms. The Morgan fingerprint density at radius 3 is 2.74 bits per heavy atom. The molecule has 0 heterocycles. The number of benzene rings is 1. The Bertz CT molecular complexity index is 525. The maximum absolute atomic E-state index is 11.5. The number of nitrogen functional groups attached to an aromatic ring is 1. The number of rotatable bonds is 7. The topological polar surface area (TPSA) is 86.5 Å². The van der Waals surface area contributed by atoms with Crippen molar-refractivity contribution in [2.24, 2.45) is 0 Å². The molecule has 0 bridgehead atoms. The number of carbonyl (C=O) groups is 1. The molecule has 1 aromatic rings. The van der Waals surface area contributed by atoms with Crippen LogP contribution in [0.15, 0.2) is 24.3 Å². The Morgan fingerprint density at radius 2 is 2.11 bits per heavy atom. The first-order valence-electron chi connectivity index (χ1n) is 6.13. The summed E-state index contributed by atoms with van der Waals surface area (Å²) in [7, 11) is -2.99. The van der Waals surface area contributed by atoms with Crippen molar-refractivity contribution in [3.63, 3.8) is 0 Å². The average Bonchev–Trinajstić information content (AvgIpc) is 2.35. The van der Waals surface area contributed by atoms with E-state index in [-0.39, 0.29) is 30.5 Å². The molecule has 0 atom stereocenters. The van der Waals surface area contributed by atoms with E-state index in [4.69, 9.17) is 10.5 Å². The molecular weight excluding hydrogens is 266 g/mol. The zero-order valence-electron chi connectivity index (χ0n) is 11.0. The fraction of sp³-hybridized carbons (Fsp3) is 0.462. The van der Waals surface area contributed by atoms with Gasteiger partial charge < -0.3 is 10.5 Å². The summed E-state index contributed by atoms with van der Waals surface area (Å²) in [4.78, 5) is 11.5. The maximum Gasteiger partial charge on any atom is 0.310 e. The largest absolute Gasteiger partial charge is 0.465 e. The van der Waals surface area contributed by atoms with Crippen molar-refractivity contribution in [3.8, 4) is 0 Å². The molecule has 0 radical (unpaired) electrons. The number of carbonyl (C=O) groups excluding carboxylic acids is 1. The molecule has 0 spiro atoms. The van der Waals surface area contributed by atoms with E-state index in [2.05, 4.69) is 0 Å². The van der Waals surface area contributed by atoms with Crippen molar-refractivity contribution in [1.82, 2.24) is 0 Å². The standard InChI is InChI=1S/C13H19NO4S/c1-2-19(16,17)8-4-7-18-13(15)10-11-5-3-6-12(14)9-11/h3,5-6,9H,2,4,7-8,10,14H2,1H3. The second kappa shape index (κ2) is 7.13. The Hall–Kier alpha value is -1.56. The zero-order chi connectivity index (χ0) is 14.3. The molecule has 1 aromatic carbocycles. The summed E-state index contributed by atoms with van der Waals surface area (Å²) in [6, 6.07) is 7.01. The molecular formula is C13H19NO4S. The summed E-state index contributed by atoms with van der Waals surface area (Å²) in [5.41, 5.74) is 6.98. The van der Waals surface area contributed by atoms with Gasteiger partial charge in [0, 0.05) is 11.4 Å². The first-order valence-corrected chi connectivity index (χ1v) is 7.95. The molecule has 106 valence electrons. The third-order valence-corrected chi connectivity index (χ3v) is 4.39. The summed E-state index contributed by atoms with van der Waals surface area (Å²) < 4.78 is 27.4. The molecule has 0 aliphatic heterocycles. The first-order chi connectivity index (χ1) is 8.93.